The van der Waals surface area contributed by atoms with E-state index in [0.717, 1.165) is 0 Å². The molecule has 0 radical (unpaired) electrons. The molecule has 0 aliphatic rings. The molecule has 0 rings (SSSR count). The second-order valence-electron chi connectivity index (χ2n) is 7.36. The van der Waals surface area contributed by atoms with E-state index in [0.29, 0.717) is 18.1 Å². The van der Waals surface area contributed by atoms with Gasteiger partial charge in [0, 0.05) is 5.57 Å². The van der Waals surface area contributed by atoms with Crippen LogP contribution in [0.2, 0.25) is 0 Å². The van der Waals surface area contributed by atoms with Crippen LogP contribution in [-0.2, 0) is 9.53 Å². The van der Waals surface area contributed by atoms with Gasteiger partial charge in [0.05, 0.1) is 6.61 Å². The van der Waals surface area contributed by atoms with Gasteiger partial charge in [0.1, 0.15) is 0 Å². The van der Waals surface area contributed by atoms with Crippen LogP contribution in [0.3, 0.4) is 0 Å². The molecule has 0 bridgehead atoms. The number of rotatable bonds is 17. The molecule has 0 fully saturated rings. The van der Waals surface area contributed by atoms with Crippen LogP contribution in [0.15, 0.2) is 12.2 Å². The van der Waals surface area contributed by atoms with Gasteiger partial charge >= 0.3 is 5.97 Å². The summed E-state index contributed by atoms with van der Waals surface area (Å²) in [5.74, 6) is 0.302. The van der Waals surface area contributed by atoms with Crippen molar-refractivity contribution in [3.8, 4) is 0 Å². The quantitative estimate of drug-likeness (QED) is 0.159. The zero-order valence-corrected chi connectivity index (χ0v) is 16.7. The molecule has 2 heteroatoms. The molecule has 0 aromatic carbocycles. The van der Waals surface area contributed by atoms with Crippen LogP contribution in [0.1, 0.15) is 111 Å². The van der Waals surface area contributed by atoms with Gasteiger partial charge in [0.25, 0.3) is 0 Å². The van der Waals surface area contributed by atoms with Gasteiger partial charge in [-0.3, -0.25) is 0 Å². The zero-order valence-electron chi connectivity index (χ0n) is 16.7. The zero-order chi connectivity index (χ0) is 18.0. The molecule has 0 aliphatic carbocycles. The van der Waals surface area contributed by atoms with E-state index >= 15 is 0 Å². The molecule has 1 atom stereocenters. The van der Waals surface area contributed by atoms with E-state index in [-0.39, 0.29) is 5.97 Å². The molecule has 1 unspecified atom stereocenters. The number of ether oxygens (including phenoxy) is 1. The third kappa shape index (κ3) is 14.8. The van der Waals surface area contributed by atoms with Crippen LogP contribution in [0.25, 0.3) is 0 Å². The molecule has 0 heterocycles. The van der Waals surface area contributed by atoms with Crippen LogP contribution < -0.4 is 0 Å². The first kappa shape index (κ1) is 23.2. The Kier molecular flexibility index (Phi) is 16.5. The molecule has 24 heavy (non-hydrogen) atoms. The predicted octanol–water partition coefficient (Wildman–Crippen LogP) is 7.22. The Labute approximate surface area is 151 Å². The number of hydrogen-bond donors (Lipinski definition) is 0. The lowest BCUT2D eigenvalue weighted by Gasteiger charge is -2.17. The summed E-state index contributed by atoms with van der Waals surface area (Å²) >= 11 is 0. The minimum absolute atomic E-state index is 0.231. The first-order chi connectivity index (χ1) is 11.6. The van der Waals surface area contributed by atoms with Gasteiger partial charge in [-0.15, -0.1) is 0 Å². The van der Waals surface area contributed by atoms with E-state index in [2.05, 4.69) is 20.4 Å². The molecule has 2 nitrogen and oxygen atoms in total. The molecule has 0 aromatic heterocycles. The molecule has 0 aromatic rings. The summed E-state index contributed by atoms with van der Waals surface area (Å²) < 4.78 is 5.42. The summed E-state index contributed by atoms with van der Waals surface area (Å²) in [4.78, 5) is 11.6. The predicted molar refractivity (Wildman–Crippen MR) is 105 cm³/mol. The number of unbranched alkanes of at least 4 members (excludes halogenated alkanes) is 10. The summed E-state index contributed by atoms with van der Waals surface area (Å²) in [7, 11) is 0. The highest BCUT2D eigenvalue weighted by molar-refractivity contribution is 5.86. The van der Waals surface area contributed by atoms with Gasteiger partial charge in [-0.05, 0) is 25.7 Å². The van der Waals surface area contributed by atoms with E-state index in [9.17, 15) is 4.79 Å². The normalized spacial score (nSPS) is 12.1. The number of carbonyl (C=O) groups is 1. The average molecular weight is 339 g/mol. The lowest BCUT2D eigenvalue weighted by Crippen LogP contribution is -2.15. The lowest BCUT2D eigenvalue weighted by atomic mass is 9.95. The van der Waals surface area contributed by atoms with Crippen molar-refractivity contribution in [3.63, 3.8) is 0 Å². The van der Waals surface area contributed by atoms with Crippen LogP contribution >= 0.6 is 0 Å². The topological polar surface area (TPSA) is 26.3 Å². The highest BCUT2D eigenvalue weighted by atomic mass is 16.5. The van der Waals surface area contributed by atoms with Crippen LogP contribution in [0.5, 0.6) is 0 Å². The third-order valence-corrected chi connectivity index (χ3v) is 4.73. The Hall–Kier alpha value is -0.790. The van der Waals surface area contributed by atoms with Crippen molar-refractivity contribution in [1.82, 2.24) is 0 Å². The third-order valence-electron chi connectivity index (χ3n) is 4.73. The number of hydrogen-bond acceptors (Lipinski definition) is 2. The fourth-order valence-electron chi connectivity index (χ4n) is 3.05. The highest BCUT2D eigenvalue weighted by Gasteiger charge is 2.12. The summed E-state index contributed by atoms with van der Waals surface area (Å²) in [6.07, 6.45) is 18.3. The average Bonchev–Trinajstić information content (AvgIpc) is 2.57. The van der Waals surface area contributed by atoms with E-state index in [1.165, 1.54) is 89.9 Å². The summed E-state index contributed by atoms with van der Waals surface area (Å²) in [6.45, 7) is 10.5. The first-order valence-electron chi connectivity index (χ1n) is 10.4. The van der Waals surface area contributed by atoms with Crippen molar-refractivity contribution in [2.75, 3.05) is 6.61 Å². The van der Waals surface area contributed by atoms with E-state index < -0.39 is 0 Å². The molecule has 0 spiro atoms. The minimum atomic E-state index is -0.231. The van der Waals surface area contributed by atoms with Crippen molar-refractivity contribution in [2.24, 2.45) is 5.92 Å². The summed E-state index contributed by atoms with van der Waals surface area (Å²) in [5, 5.41) is 0. The molecular weight excluding hydrogens is 296 g/mol. The van der Waals surface area contributed by atoms with E-state index in [4.69, 9.17) is 4.74 Å². The van der Waals surface area contributed by atoms with Gasteiger partial charge in [-0.1, -0.05) is 97.5 Å². The smallest absolute Gasteiger partial charge is 0.333 e. The van der Waals surface area contributed by atoms with Crippen molar-refractivity contribution in [2.45, 2.75) is 111 Å². The van der Waals surface area contributed by atoms with Gasteiger partial charge in [-0.2, -0.15) is 0 Å². The maximum atomic E-state index is 11.6. The van der Waals surface area contributed by atoms with Gasteiger partial charge < -0.3 is 4.74 Å². The van der Waals surface area contributed by atoms with Crippen molar-refractivity contribution in [1.29, 1.82) is 0 Å². The molecule has 0 amide bonds. The molecule has 0 saturated heterocycles. The Balaban J connectivity index is 3.93. The minimum Gasteiger partial charge on any atom is -0.462 e. The van der Waals surface area contributed by atoms with Crippen LogP contribution in [0.4, 0.5) is 0 Å². The SMILES string of the molecule is C=C(C)C(=O)OCC(CCCCCCC)CCCCCCCCC. The standard InChI is InChI=1S/C22H42O2/c1-5-7-9-11-12-14-16-18-21(17-15-13-10-8-6-2)19-24-22(23)20(3)4/h21H,3,5-19H2,1-2,4H3. The van der Waals surface area contributed by atoms with Crippen molar-refractivity contribution < 1.29 is 9.53 Å². The van der Waals surface area contributed by atoms with E-state index in [1.807, 2.05) is 0 Å². The monoisotopic (exact) mass is 338 g/mol. The molecule has 0 saturated carbocycles. The fourth-order valence-corrected chi connectivity index (χ4v) is 3.05. The van der Waals surface area contributed by atoms with Crippen LogP contribution in [-0.4, -0.2) is 12.6 Å². The maximum absolute atomic E-state index is 11.6. The summed E-state index contributed by atoms with van der Waals surface area (Å²) in [6, 6.07) is 0. The fraction of sp³-hybridized carbons (Fsp3) is 0.864. The van der Waals surface area contributed by atoms with Crippen LogP contribution in [0, 0.1) is 5.92 Å². The highest BCUT2D eigenvalue weighted by Crippen LogP contribution is 2.20. The van der Waals surface area contributed by atoms with Gasteiger partial charge in [-0.25, -0.2) is 4.79 Å². The Bertz CT molecular complexity index is 309. The van der Waals surface area contributed by atoms with Crippen molar-refractivity contribution in [3.05, 3.63) is 12.2 Å². The molecule has 0 N–H and O–H groups in total. The molecular formula is C22H42O2. The van der Waals surface area contributed by atoms with Gasteiger partial charge in [0.15, 0.2) is 0 Å². The van der Waals surface area contributed by atoms with E-state index in [1.54, 1.807) is 6.92 Å². The molecule has 0 aliphatic heterocycles. The largest absolute Gasteiger partial charge is 0.462 e. The maximum Gasteiger partial charge on any atom is 0.333 e. The lowest BCUT2D eigenvalue weighted by molar-refractivity contribution is -0.140. The Morgan fingerprint density at radius 2 is 1.21 bits per heavy atom. The number of carbonyl (C=O) groups excluding carboxylic acids is 1. The second-order valence-corrected chi connectivity index (χ2v) is 7.36. The van der Waals surface area contributed by atoms with Crippen molar-refractivity contribution >= 4 is 5.97 Å². The number of esters is 1. The second kappa shape index (κ2) is 17.0. The summed E-state index contributed by atoms with van der Waals surface area (Å²) in [5.41, 5.74) is 0.507. The van der Waals surface area contributed by atoms with Gasteiger partial charge in [0.2, 0.25) is 0 Å². The Morgan fingerprint density at radius 1 is 0.792 bits per heavy atom. The molecule has 142 valence electrons. The Morgan fingerprint density at radius 3 is 1.62 bits per heavy atom. The first-order valence-corrected chi connectivity index (χ1v) is 10.4.